The molecule has 1 aromatic heterocycles. The van der Waals surface area contributed by atoms with Gasteiger partial charge in [-0.3, -0.25) is 4.79 Å². The van der Waals surface area contributed by atoms with E-state index in [-0.39, 0.29) is 5.91 Å². The molecule has 1 aliphatic rings. The van der Waals surface area contributed by atoms with Gasteiger partial charge in [0.2, 0.25) is 5.91 Å². The summed E-state index contributed by atoms with van der Waals surface area (Å²) in [6.07, 6.45) is 2.15. The first-order valence-electron chi connectivity index (χ1n) is 6.14. The lowest BCUT2D eigenvalue weighted by atomic mass is 10.0. The van der Waals surface area contributed by atoms with E-state index in [1.807, 2.05) is 24.3 Å². The Morgan fingerprint density at radius 3 is 2.72 bits per heavy atom. The van der Waals surface area contributed by atoms with Gasteiger partial charge in [0, 0.05) is 18.5 Å². The maximum absolute atomic E-state index is 11.3. The van der Waals surface area contributed by atoms with Crippen molar-refractivity contribution in [3.05, 3.63) is 59.3 Å². The topological polar surface area (TPSA) is 42.0 Å². The van der Waals surface area contributed by atoms with Crippen molar-refractivity contribution in [1.29, 1.82) is 0 Å². The number of aromatic nitrogens is 1. The molecule has 18 heavy (non-hydrogen) atoms. The molecule has 0 atom stereocenters. The third-order valence-electron chi connectivity index (χ3n) is 3.14. The predicted octanol–water partition coefficient (Wildman–Crippen LogP) is 2.56. The van der Waals surface area contributed by atoms with Gasteiger partial charge in [0.05, 0.1) is 0 Å². The molecule has 1 N–H and O–H groups in total. The minimum absolute atomic E-state index is 0.0619. The lowest BCUT2D eigenvalue weighted by molar-refractivity contribution is -0.116. The Labute approximate surface area is 106 Å². The van der Waals surface area contributed by atoms with Gasteiger partial charge in [0.15, 0.2) is 0 Å². The van der Waals surface area contributed by atoms with E-state index in [1.165, 1.54) is 5.56 Å². The average Bonchev–Trinajstić information content (AvgIpc) is 2.39. The molecule has 1 aromatic carbocycles. The van der Waals surface area contributed by atoms with Crippen LogP contribution in [0.2, 0.25) is 0 Å². The summed E-state index contributed by atoms with van der Waals surface area (Å²) in [5, 5.41) is 2.84. The van der Waals surface area contributed by atoms with Gasteiger partial charge in [-0.1, -0.05) is 36.4 Å². The number of fused-ring (bicyclic) bond motifs is 1. The zero-order valence-electron chi connectivity index (χ0n) is 10.0. The van der Waals surface area contributed by atoms with Crippen LogP contribution in [0.1, 0.15) is 23.2 Å². The number of hydrogen-bond acceptors (Lipinski definition) is 2. The van der Waals surface area contributed by atoms with Gasteiger partial charge in [-0.25, -0.2) is 4.98 Å². The number of carbonyl (C=O) groups is 1. The number of nitrogens with one attached hydrogen (secondary N) is 1. The lowest BCUT2D eigenvalue weighted by Crippen LogP contribution is -2.20. The van der Waals surface area contributed by atoms with Crippen LogP contribution in [0, 0.1) is 0 Å². The molecule has 1 aliphatic heterocycles. The van der Waals surface area contributed by atoms with Crippen molar-refractivity contribution >= 4 is 11.7 Å². The molecule has 0 fully saturated rings. The molecule has 0 saturated carbocycles. The van der Waals surface area contributed by atoms with E-state index in [1.54, 1.807) is 0 Å². The second-order valence-electron chi connectivity index (χ2n) is 4.52. The maximum atomic E-state index is 11.3. The molecular weight excluding hydrogens is 224 g/mol. The molecule has 0 aliphatic carbocycles. The number of aryl methyl sites for hydroxylation is 1. The van der Waals surface area contributed by atoms with Gasteiger partial charge in [-0.15, -0.1) is 0 Å². The Hall–Kier alpha value is -2.16. The Bertz CT molecular complexity index is 578. The van der Waals surface area contributed by atoms with Crippen molar-refractivity contribution in [1.82, 2.24) is 4.98 Å². The fourth-order valence-electron chi connectivity index (χ4n) is 2.18. The quantitative estimate of drug-likeness (QED) is 0.873. The molecule has 3 nitrogen and oxygen atoms in total. The summed E-state index contributed by atoms with van der Waals surface area (Å²) in [7, 11) is 0. The normalized spacial score (nSPS) is 13.9. The first-order chi connectivity index (χ1) is 8.81. The number of anilines is 1. The minimum atomic E-state index is 0.0619. The van der Waals surface area contributed by atoms with E-state index in [0.29, 0.717) is 6.42 Å². The van der Waals surface area contributed by atoms with Gasteiger partial charge in [0.25, 0.3) is 0 Å². The molecule has 0 saturated heterocycles. The van der Waals surface area contributed by atoms with E-state index in [0.717, 1.165) is 29.9 Å². The SMILES string of the molecule is O=C1CCc2ccc(Cc3ccccc3)nc2N1. The third-order valence-corrected chi connectivity index (χ3v) is 3.14. The molecule has 3 heteroatoms. The molecular formula is C15H14N2O. The van der Waals surface area contributed by atoms with E-state index < -0.39 is 0 Å². The largest absolute Gasteiger partial charge is 0.310 e. The minimum Gasteiger partial charge on any atom is -0.310 e. The number of carbonyl (C=O) groups excluding carboxylic acids is 1. The average molecular weight is 238 g/mol. The van der Waals surface area contributed by atoms with Crippen LogP contribution in [-0.4, -0.2) is 10.9 Å². The first kappa shape index (κ1) is 11.0. The van der Waals surface area contributed by atoms with E-state index >= 15 is 0 Å². The van der Waals surface area contributed by atoms with E-state index in [2.05, 4.69) is 28.5 Å². The highest BCUT2D eigenvalue weighted by atomic mass is 16.1. The number of rotatable bonds is 2. The van der Waals surface area contributed by atoms with Crippen LogP contribution in [-0.2, 0) is 17.6 Å². The predicted molar refractivity (Wildman–Crippen MR) is 70.4 cm³/mol. The fourth-order valence-corrected chi connectivity index (χ4v) is 2.18. The molecule has 0 unspecified atom stereocenters. The highest BCUT2D eigenvalue weighted by Crippen LogP contribution is 2.21. The van der Waals surface area contributed by atoms with Gasteiger partial charge in [0.1, 0.15) is 5.82 Å². The summed E-state index contributed by atoms with van der Waals surface area (Å²) in [6.45, 7) is 0. The molecule has 0 bridgehead atoms. The van der Waals surface area contributed by atoms with E-state index in [9.17, 15) is 4.79 Å². The number of benzene rings is 1. The Balaban J connectivity index is 1.86. The first-order valence-corrected chi connectivity index (χ1v) is 6.14. The summed E-state index contributed by atoms with van der Waals surface area (Å²) in [5.41, 5.74) is 3.35. The van der Waals surface area contributed by atoms with Crippen LogP contribution in [0.15, 0.2) is 42.5 Å². The molecule has 90 valence electrons. The smallest absolute Gasteiger partial charge is 0.225 e. The van der Waals surface area contributed by atoms with Crippen LogP contribution >= 0.6 is 0 Å². The summed E-state index contributed by atoms with van der Waals surface area (Å²) < 4.78 is 0. The van der Waals surface area contributed by atoms with Crippen LogP contribution in [0.3, 0.4) is 0 Å². The second kappa shape index (κ2) is 4.61. The molecule has 0 radical (unpaired) electrons. The second-order valence-corrected chi connectivity index (χ2v) is 4.52. The van der Waals surface area contributed by atoms with Gasteiger partial charge in [-0.2, -0.15) is 0 Å². The van der Waals surface area contributed by atoms with E-state index in [4.69, 9.17) is 0 Å². The van der Waals surface area contributed by atoms with Crippen LogP contribution in [0.5, 0.6) is 0 Å². The highest BCUT2D eigenvalue weighted by molar-refractivity contribution is 5.92. The van der Waals surface area contributed by atoms with Crippen molar-refractivity contribution in [3.63, 3.8) is 0 Å². The number of hydrogen-bond donors (Lipinski definition) is 1. The van der Waals surface area contributed by atoms with Gasteiger partial charge >= 0.3 is 0 Å². The zero-order valence-corrected chi connectivity index (χ0v) is 10.0. The Morgan fingerprint density at radius 2 is 1.89 bits per heavy atom. The molecule has 3 rings (SSSR count). The summed E-state index contributed by atoms with van der Waals surface area (Å²) >= 11 is 0. The molecule has 1 amide bonds. The summed E-state index contributed by atoms with van der Waals surface area (Å²) in [4.78, 5) is 15.9. The monoisotopic (exact) mass is 238 g/mol. The Morgan fingerprint density at radius 1 is 1.06 bits per heavy atom. The standard InChI is InChI=1S/C15H14N2O/c18-14-9-7-12-6-8-13(16-15(12)17-14)10-11-4-2-1-3-5-11/h1-6,8H,7,9-10H2,(H,16,17,18). The fraction of sp³-hybridized carbons (Fsp3) is 0.200. The van der Waals surface area contributed by atoms with Crippen LogP contribution < -0.4 is 5.32 Å². The Kier molecular flexibility index (Phi) is 2.81. The highest BCUT2D eigenvalue weighted by Gasteiger charge is 2.15. The molecule has 0 spiro atoms. The number of nitrogens with zero attached hydrogens (tertiary/aromatic N) is 1. The molecule has 2 aromatic rings. The maximum Gasteiger partial charge on any atom is 0.225 e. The van der Waals surface area contributed by atoms with Crippen molar-refractivity contribution < 1.29 is 4.79 Å². The third kappa shape index (κ3) is 2.25. The van der Waals surface area contributed by atoms with Crippen molar-refractivity contribution in [2.45, 2.75) is 19.3 Å². The van der Waals surface area contributed by atoms with Crippen molar-refractivity contribution in [3.8, 4) is 0 Å². The number of amides is 1. The van der Waals surface area contributed by atoms with Gasteiger partial charge < -0.3 is 5.32 Å². The number of pyridine rings is 1. The summed E-state index contributed by atoms with van der Waals surface area (Å²) in [5.74, 6) is 0.798. The van der Waals surface area contributed by atoms with Crippen LogP contribution in [0.4, 0.5) is 5.82 Å². The molecule has 2 heterocycles. The van der Waals surface area contributed by atoms with Crippen molar-refractivity contribution in [2.24, 2.45) is 0 Å². The zero-order chi connectivity index (χ0) is 12.4. The summed E-state index contributed by atoms with van der Waals surface area (Å²) in [6, 6.07) is 14.3. The van der Waals surface area contributed by atoms with Gasteiger partial charge in [-0.05, 0) is 23.6 Å². The van der Waals surface area contributed by atoms with Crippen LogP contribution in [0.25, 0.3) is 0 Å². The van der Waals surface area contributed by atoms with Crippen molar-refractivity contribution in [2.75, 3.05) is 5.32 Å². The lowest BCUT2D eigenvalue weighted by Gasteiger charge is -2.16.